The van der Waals surface area contributed by atoms with Crippen LogP contribution in [0.5, 0.6) is 5.75 Å². The fraction of sp³-hybridized carbons (Fsp3) is 0.294. The minimum Gasteiger partial charge on any atom is -0.481 e. The zero-order valence-corrected chi connectivity index (χ0v) is 13.6. The molecule has 2 aromatic rings. The number of terminal acetylenes is 1. The second-order valence-electron chi connectivity index (χ2n) is 5.13. The normalized spacial score (nSPS) is 16.2. The number of hydrogen-bond acceptors (Lipinski definition) is 5. The first-order valence-corrected chi connectivity index (χ1v) is 8.23. The van der Waals surface area contributed by atoms with Crippen LogP contribution in [0.1, 0.15) is 29.7 Å². The van der Waals surface area contributed by atoms with E-state index in [1.807, 2.05) is 31.2 Å². The first kappa shape index (κ1) is 15.4. The van der Waals surface area contributed by atoms with Gasteiger partial charge in [0.05, 0.1) is 4.88 Å². The van der Waals surface area contributed by atoms with E-state index in [0.29, 0.717) is 18.0 Å². The fourth-order valence-corrected chi connectivity index (χ4v) is 3.68. The van der Waals surface area contributed by atoms with Gasteiger partial charge in [-0.15, -0.1) is 6.42 Å². The molecule has 1 aliphatic heterocycles. The summed E-state index contributed by atoms with van der Waals surface area (Å²) >= 11 is 1.58. The maximum absolute atomic E-state index is 12.0. The maximum atomic E-state index is 12.0. The molecule has 1 atom stereocenters. The number of ether oxygens (including phenoxy) is 1. The minimum absolute atomic E-state index is 0.0157. The minimum atomic E-state index is -0.0224. The molecule has 3 rings (SSSR count). The second kappa shape index (κ2) is 6.71. The molecule has 0 unspecified atom stereocenters. The zero-order valence-electron chi connectivity index (χ0n) is 12.8. The lowest BCUT2D eigenvalue weighted by Crippen LogP contribution is -2.22. The Bertz CT molecular complexity index is 763. The van der Waals surface area contributed by atoms with Gasteiger partial charge in [-0.1, -0.05) is 29.4 Å². The topological polar surface area (TPSA) is 63.2 Å². The smallest absolute Gasteiger partial charge is 0.226 e. The number of fused-ring (bicyclic) bond motifs is 1. The fourth-order valence-electron chi connectivity index (χ4n) is 2.56. The van der Waals surface area contributed by atoms with E-state index in [2.05, 4.69) is 21.5 Å². The van der Waals surface area contributed by atoms with Crippen molar-refractivity contribution in [2.24, 2.45) is 0 Å². The summed E-state index contributed by atoms with van der Waals surface area (Å²) in [5.41, 5.74) is 1.03. The number of benzene rings is 1. The molecule has 2 heterocycles. The van der Waals surface area contributed by atoms with Crippen molar-refractivity contribution in [1.29, 1.82) is 0 Å². The number of hydrogen-bond donors (Lipinski definition) is 2. The third-order valence-electron chi connectivity index (χ3n) is 3.53. The molecule has 0 radical (unpaired) electrons. The molecule has 6 heteroatoms. The average molecular weight is 327 g/mol. The van der Waals surface area contributed by atoms with E-state index in [0.717, 1.165) is 22.1 Å². The average Bonchev–Trinajstić information content (AvgIpc) is 2.95. The highest BCUT2D eigenvalue weighted by molar-refractivity contribution is 7.16. The number of aromatic nitrogens is 1. The van der Waals surface area contributed by atoms with Crippen LogP contribution in [0.3, 0.4) is 0 Å². The molecule has 1 amide bonds. The van der Waals surface area contributed by atoms with Crippen LogP contribution >= 0.6 is 11.3 Å². The molecule has 0 aliphatic carbocycles. The van der Waals surface area contributed by atoms with E-state index >= 15 is 0 Å². The van der Waals surface area contributed by atoms with Gasteiger partial charge in [0.25, 0.3) is 0 Å². The highest BCUT2D eigenvalue weighted by Gasteiger charge is 2.30. The molecule has 0 spiro atoms. The molecule has 2 N–H and O–H groups in total. The molecule has 118 valence electrons. The molecule has 0 saturated heterocycles. The summed E-state index contributed by atoms with van der Waals surface area (Å²) in [6, 6.07) is 7.72. The van der Waals surface area contributed by atoms with Crippen LogP contribution in [0.25, 0.3) is 0 Å². The highest BCUT2D eigenvalue weighted by atomic mass is 32.1. The first-order valence-electron chi connectivity index (χ1n) is 7.42. The van der Waals surface area contributed by atoms with Crippen LogP contribution < -0.4 is 15.4 Å². The van der Waals surface area contributed by atoms with Crippen LogP contribution in [-0.4, -0.2) is 24.0 Å². The number of amides is 1. The highest BCUT2D eigenvalue weighted by Crippen LogP contribution is 2.42. The summed E-state index contributed by atoms with van der Waals surface area (Å²) in [5.74, 6) is 3.78. The van der Waals surface area contributed by atoms with Crippen molar-refractivity contribution in [2.75, 3.05) is 23.8 Å². The van der Waals surface area contributed by atoms with E-state index in [-0.39, 0.29) is 18.4 Å². The van der Waals surface area contributed by atoms with Gasteiger partial charge in [-0.3, -0.25) is 4.79 Å². The van der Waals surface area contributed by atoms with Gasteiger partial charge in [-0.2, -0.15) is 0 Å². The van der Waals surface area contributed by atoms with Crippen molar-refractivity contribution < 1.29 is 9.53 Å². The van der Waals surface area contributed by atoms with Gasteiger partial charge in [0.1, 0.15) is 18.2 Å². The van der Waals surface area contributed by atoms with E-state index in [1.165, 1.54) is 0 Å². The van der Waals surface area contributed by atoms with Crippen molar-refractivity contribution in [3.05, 3.63) is 34.7 Å². The number of carbonyl (C=O) groups excluding carboxylic acids is 1. The summed E-state index contributed by atoms with van der Waals surface area (Å²) in [6.45, 7) is 3.04. The zero-order chi connectivity index (χ0) is 16.2. The Morgan fingerprint density at radius 3 is 3.22 bits per heavy atom. The van der Waals surface area contributed by atoms with Crippen LogP contribution in [0, 0.1) is 12.3 Å². The molecule has 1 aliphatic rings. The Kier molecular flexibility index (Phi) is 4.49. The Hall–Kier alpha value is -2.52. The molecular formula is C17H17N3O2S. The van der Waals surface area contributed by atoms with E-state index in [1.54, 1.807) is 11.3 Å². The third-order valence-corrected chi connectivity index (χ3v) is 4.65. The molecule has 0 saturated carbocycles. The van der Waals surface area contributed by atoms with E-state index in [4.69, 9.17) is 11.2 Å². The van der Waals surface area contributed by atoms with Crippen LogP contribution in [-0.2, 0) is 4.79 Å². The van der Waals surface area contributed by atoms with Gasteiger partial charge in [-0.25, -0.2) is 4.98 Å². The van der Waals surface area contributed by atoms with Crippen LogP contribution in [0.2, 0.25) is 0 Å². The monoisotopic (exact) mass is 327 g/mol. The van der Waals surface area contributed by atoms with Crippen molar-refractivity contribution in [2.45, 2.75) is 19.3 Å². The SMILES string of the molecule is C#CCOc1cccc([C@@H]2CC(=O)Nc3nc(NCC)sc32)c1. The molecule has 23 heavy (non-hydrogen) atoms. The Balaban J connectivity index is 1.94. The van der Waals surface area contributed by atoms with Crippen molar-refractivity contribution in [3.8, 4) is 18.1 Å². The summed E-state index contributed by atoms with van der Waals surface area (Å²) < 4.78 is 5.48. The van der Waals surface area contributed by atoms with Gasteiger partial charge in [0, 0.05) is 18.9 Å². The second-order valence-corrected chi connectivity index (χ2v) is 6.16. The molecular weight excluding hydrogens is 310 g/mol. The lowest BCUT2D eigenvalue weighted by molar-refractivity contribution is -0.116. The number of nitrogens with zero attached hydrogens (tertiary/aromatic N) is 1. The van der Waals surface area contributed by atoms with E-state index < -0.39 is 0 Å². The molecule has 1 aromatic heterocycles. The Morgan fingerprint density at radius 2 is 2.43 bits per heavy atom. The molecule has 1 aromatic carbocycles. The van der Waals surface area contributed by atoms with Gasteiger partial charge < -0.3 is 15.4 Å². The van der Waals surface area contributed by atoms with Crippen molar-refractivity contribution in [1.82, 2.24) is 4.98 Å². The van der Waals surface area contributed by atoms with Gasteiger partial charge in [-0.05, 0) is 24.6 Å². The van der Waals surface area contributed by atoms with Gasteiger partial charge in [0.2, 0.25) is 5.91 Å². The molecule has 5 nitrogen and oxygen atoms in total. The summed E-state index contributed by atoms with van der Waals surface area (Å²) in [7, 11) is 0. The molecule has 0 fully saturated rings. The summed E-state index contributed by atoms with van der Waals surface area (Å²) in [4.78, 5) is 17.5. The summed E-state index contributed by atoms with van der Waals surface area (Å²) in [5, 5.41) is 6.87. The maximum Gasteiger partial charge on any atom is 0.226 e. The van der Waals surface area contributed by atoms with E-state index in [9.17, 15) is 4.79 Å². The summed E-state index contributed by atoms with van der Waals surface area (Å²) in [6.07, 6.45) is 5.63. The number of nitrogens with one attached hydrogen (secondary N) is 2. The van der Waals surface area contributed by atoms with Gasteiger partial charge >= 0.3 is 0 Å². The number of carbonyl (C=O) groups is 1. The van der Waals surface area contributed by atoms with Crippen molar-refractivity contribution in [3.63, 3.8) is 0 Å². The Labute approximate surface area is 139 Å². The number of anilines is 2. The van der Waals surface area contributed by atoms with Gasteiger partial charge in [0.15, 0.2) is 5.13 Å². The predicted octanol–water partition coefficient (Wildman–Crippen LogP) is 3.06. The molecule has 0 bridgehead atoms. The largest absolute Gasteiger partial charge is 0.481 e. The standard InChI is InChI=1S/C17H17N3O2S/c1-3-8-22-12-7-5-6-11(9-12)13-10-14(21)19-16-15(13)23-17(20-16)18-4-2/h1,5-7,9,13H,4,8,10H2,2H3,(H,18,20)(H,19,21)/t13-/m0/s1. The third kappa shape index (κ3) is 3.30. The van der Waals surface area contributed by atoms with Crippen LogP contribution in [0.4, 0.5) is 10.9 Å². The number of thiazole rings is 1. The lowest BCUT2D eigenvalue weighted by Gasteiger charge is -2.22. The number of rotatable bonds is 5. The quantitative estimate of drug-likeness (QED) is 0.829. The lowest BCUT2D eigenvalue weighted by atomic mass is 9.91. The van der Waals surface area contributed by atoms with Crippen LogP contribution in [0.15, 0.2) is 24.3 Å². The predicted molar refractivity (Wildman–Crippen MR) is 92.1 cm³/mol. The Morgan fingerprint density at radius 1 is 1.57 bits per heavy atom. The first-order chi connectivity index (χ1) is 11.2. The van der Waals surface area contributed by atoms with Crippen molar-refractivity contribution >= 4 is 28.2 Å².